The van der Waals surface area contributed by atoms with Crippen LogP contribution in [0.3, 0.4) is 0 Å². The molecule has 90 valence electrons. The first-order chi connectivity index (χ1) is 8.83. The molecule has 0 radical (unpaired) electrons. The van der Waals surface area contributed by atoms with Crippen LogP contribution in [0, 0.1) is 0 Å². The van der Waals surface area contributed by atoms with Gasteiger partial charge in [0.15, 0.2) is 0 Å². The zero-order chi connectivity index (χ0) is 12.4. The van der Waals surface area contributed by atoms with Crippen LogP contribution in [0.1, 0.15) is 15.4 Å². The monoisotopic (exact) mass is 257 g/mol. The van der Waals surface area contributed by atoms with E-state index >= 15 is 0 Å². The molecule has 0 fully saturated rings. The summed E-state index contributed by atoms with van der Waals surface area (Å²) in [5.41, 5.74) is 1.22. The third-order valence-corrected chi connectivity index (χ3v) is 3.48. The standard InChI is InChI=1S/C13H11N3OS/c17-13(14-8-10-4-3-7-18-10)11-9-16-6-2-1-5-12(16)15-11/h1-7,9H,8H2,(H,14,17). The number of amides is 1. The number of aromatic nitrogens is 2. The van der Waals surface area contributed by atoms with Crippen LogP contribution in [-0.4, -0.2) is 15.3 Å². The van der Waals surface area contributed by atoms with Crippen molar-refractivity contribution in [1.82, 2.24) is 14.7 Å². The molecule has 4 nitrogen and oxygen atoms in total. The molecule has 1 amide bonds. The van der Waals surface area contributed by atoms with Crippen molar-refractivity contribution in [3.05, 3.63) is 58.7 Å². The highest BCUT2D eigenvalue weighted by atomic mass is 32.1. The van der Waals surface area contributed by atoms with Gasteiger partial charge in [-0.3, -0.25) is 4.79 Å². The lowest BCUT2D eigenvalue weighted by Crippen LogP contribution is -2.22. The number of thiophene rings is 1. The number of nitrogens with one attached hydrogen (secondary N) is 1. The van der Waals surface area contributed by atoms with Crippen molar-refractivity contribution in [3.8, 4) is 0 Å². The van der Waals surface area contributed by atoms with Crippen LogP contribution in [0.5, 0.6) is 0 Å². The Labute approximate surface area is 108 Å². The first kappa shape index (κ1) is 11.0. The fourth-order valence-corrected chi connectivity index (χ4v) is 2.36. The molecule has 0 aliphatic heterocycles. The number of rotatable bonds is 3. The second-order valence-corrected chi connectivity index (χ2v) is 4.89. The van der Waals surface area contributed by atoms with Crippen molar-refractivity contribution in [2.75, 3.05) is 0 Å². The van der Waals surface area contributed by atoms with Gasteiger partial charge in [0.05, 0.1) is 6.54 Å². The fraction of sp³-hybridized carbons (Fsp3) is 0.0769. The Morgan fingerprint density at radius 1 is 1.33 bits per heavy atom. The predicted octanol–water partition coefficient (Wildman–Crippen LogP) is 2.33. The largest absolute Gasteiger partial charge is 0.346 e. The highest BCUT2D eigenvalue weighted by Crippen LogP contribution is 2.08. The van der Waals surface area contributed by atoms with Gasteiger partial charge in [-0.15, -0.1) is 11.3 Å². The number of nitrogens with zero attached hydrogens (tertiary/aromatic N) is 2. The third-order valence-electron chi connectivity index (χ3n) is 2.60. The molecule has 0 atom stereocenters. The lowest BCUT2D eigenvalue weighted by Gasteiger charge is -1.99. The number of pyridine rings is 1. The van der Waals surface area contributed by atoms with Crippen molar-refractivity contribution in [3.63, 3.8) is 0 Å². The molecule has 3 aromatic heterocycles. The topological polar surface area (TPSA) is 46.4 Å². The number of hydrogen-bond donors (Lipinski definition) is 1. The number of carbonyl (C=O) groups is 1. The van der Waals surface area contributed by atoms with Crippen LogP contribution in [0.25, 0.3) is 5.65 Å². The molecule has 3 aromatic rings. The first-order valence-electron chi connectivity index (χ1n) is 5.57. The van der Waals surface area contributed by atoms with Crippen LogP contribution in [0.2, 0.25) is 0 Å². The van der Waals surface area contributed by atoms with Crippen LogP contribution in [0.15, 0.2) is 48.1 Å². The van der Waals surface area contributed by atoms with E-state index in [4.69, 9.17) is 0 Å². The number of carbonyl (C=O) groups excluding carboxylic acids is 1. The van der Waals surface area contributed by atoms with Gasteiger partial charge in [0, 0.05) is 17.3 Å². The smallest absolute Gasteiger partial charge is 0.271 e. The van der Waals surface area contributed by atoms with Gasteiger partial charge < -0.3 is 9.72 Å². The van der Waals surface area contributed by atoms with E-state index in [0.29, 0.717) is 12.2 Å². The average Bonchev–Trinajstić information content (AvgIpc) is 3.04. The summed E-state index contributed by atoms with van der Waals surface area (Å²) >= 11 is 1.62. The maximum atomic E-state index is 11.9. The molecule has 3 rings (SSSR count). The Bertz CT molecular complexity index is 639. The van der Waals surface area contributed by atoms with Crippen LogP contribution >= 0.6 is 11.3 Å². The van der Waals surface area contributed by atoms with Gasteiger partial charge in [-0.25, -0.2) is 4.98 Å². The summed E-state index contributed by atoms with van der Waals surface area (Å²) in [7, 11) is 0. The molecule has 3 heterocycles. The zero-order valence-corrected chi connectivity index (χ0v) is 10.4. The summed E-state index contributed by atoms with van der Waals surface area (Å²) in [6.07, 6.45) is 3.61. The minimum absolute atomic E-state index is 0.146. The molecule has 0 saturated heterocycles. The zero-order valence-electron chi connectivity index (χ0n) is 9.54. The van der Waals surface area contributed by atoms with Crippen molar-refractivity contribution in [2.45, 2.75) is 6.54 Å². The lowest BCUT2D eigenvalue weighted by atomic mass is 10.4. The summed E-state index contributed by atoms with van der Waals surface area (Å²) < 4.78 is 1.83. The van der Waals surface area contributed by atoms with Gasteiger partial charge in [0.1, 0.15) is 11.3 Å². The van der Waals surface area contributed by atoms with E-state index in [0.717, 1.165) is 10.5 Å². The van der Waals surface area contributed by atoms with E-state index in [1.165, 1.54) is 0 Å². The average molecular weight is 257 g/mol. The number of imidazole rings is 1. The maximum absolute atomic E-state index is 11.9. The number of hydrogen-bond acceptors (Lipinski definition) is 3. The molecule has 18 heavy (non-hydrogen) atoms. The molecule has 0 unspecified atom stereocenters. The molecule has 1 N–H and O–H groups in total. The maximum Gasteiger partial charge on any atom is 0.271 e. The van der Waals surface area contributed by atoms with E-state index in [2.05, 4.69) is 10.3 Å². The Hall–Kier alpha value is -2.14. The Balaban J connectivity index is 1.75. The minimum Gasteiger partial charge on any atom is -0.346 e. The van der Waals surface area contributed by atoms with E-state index in [1.54, 1.807) is 17.5 Å². The molecular weight excluding hydrogens is 246 g/mol. The number of fused-ring (bicyclic) bond motifs is 1. The van der Waals surface area contributed by atoms with E-state index < -0.39 is 0 Å². The normalized spacial score (nSPS) is 10.7. The molecule has 0 spiro atoms. The van der Waals surface area contributed by atoms with E-state index in [-0.39, 0.29) is 5.91 Å². The van der Waals surface area contributed by atoms with Crippen molar-refractivity contribution in [1.29, 1.82) is 0 Å². The molecule has 0 aromatic carbocycles. The summed E-state index contributed by atoms with van der Waals surface area (Å²) in [5.74, 6) is -0.146. The molecule has 0 aliphatic carbocycles. The van der Waals surface area contributed by atoms with Crippen molar-refractivity contribution >= 4 is 22.9 Å². The summed E-state index contributed by atoms with van der Waals surface area (Å²) in [5, 5.41) is 4.85. The Kier molecular flexibility index (Phi) is 2.82. The summed E-state index contributed by atoms with van der Waals surface area (Å²) in [4.78, 5) is 17.3. The van der Waals surface area contributed by atoms with Gasteiger partial charge in [0.25, 0.3) is 5.91 Å². The third kappa shape index (κ3) is 2.12. The Morgan fingerprint density at radius 3 is 3.06 bits per heavy atom. The van der Waals surface area contributed by atoms with Gasteiger partial charge in [-0.1, -0.05) is 12.1 Å². The molecule has 0 saturated carbocycles. The van der Waals surface area contributed by atoms with Crippen molar-refractivity contribution in [2.24, 2.45) is 0 Å². The first-order valence-corrected chi connectivity index (χ1v) is 6.45. The quantitative estimate of drug-likeness (QED) is 0.782. The van der Waals surface area contributed by atoms with E-state index in [9.17, 15) is 4.79 Å². The van der Waals surface area contributed by atoms with E-state index in [1.807, 2.05) is 46.3 Å². The second kappa shape index (κ2) is 4.62. The van der Waals surface area contributed by atoms with Crippen LogP contribution < -0.4 is 5.32 Å². The highest BCUT2D eigenvalue weighted by Gasteiger charge is 2.09. The minimum atomic E-state index is -0.146. The molecule has 5 heteroatoms. The summed E-state index contributed by atoms with van der Waals surface area (Å²) in [6.45, 7) is 0.546. The summed E-state index contributed by atoms with van der Waals surface area (Å²) in [6, 6.07) is 9.64. The van der Waals surface area contributed by atoms with Crippen LogP contribution in [-0.2, 0) is 6.54 Å². The second-order valence-electron chi connectivity index (χ2n) is 3.85. The van der Waals surface area contributed by atoms with Gasteiger partial charge in [-0.05, 0) is 23.6 Å². The molecule has 0 aliphatic rings. The van der Waals surface area contributed by atoms with Crippen molar-refractivity contribution < 1.29 is 4.79 Å². The van der Waals surface area contributed by atoms with Crippen LogP contribution in [0.4, 0.5) is 0 Å². The SMILES string of the molecule is O=C(NCc1cccs1)c1cn2ccccc2n1. The van der Waals surface area contributed by atoms with Gasteiger partial charge in [0.2, 0.25) is 0 Å². The predicted molar refractivity (Wildman–Crippen MR) is 70.7 cm³/mol. The molecular formula is C13H11N3OS. The highest BCUT2D eigenvalue weighted by molar-refractivity contribution is 7.09. The molecule has 0 bridgehead atoms. The fourth-order valence-electron chi connectivity index (χ4n) is 1.72. The lowest BCUT2D eigenvalue weighted by molar-refractivity contribution is 0.0947. The van der Waals surface area contributed by atoms with Gasteiger partial charge in [-0.2, -0.15) is 0 Å². The Morgan fingerprint density at radius 2 is 2.28 bits per heavy atom. The van der Waals surface area contributed by atoms with Gasteiger partial charge >= 0.3 is 0 Å².